The molecule has 0 spiro atoms. The number of aliphatic hydroxyl groups is 2. The molecule has 1 fully saturated rings. The number of aliphatic hydroxyl groups excluding tert-OH is 2. The van der Waals surface area contributed by atoms with Crippen LogP contribution in [0.15, 0.2) is 12.1 Å². The lowest BCUT2D eigenvalue weighted by atomic mass is 10.1. The first-order chi connectivity index (χ1) is 12.8. The molecule has 8 nitrogen and oxygen atoms in total. The monoisotopic (exact) mass is 417 g/mol. The van der Waals surface area contributed by atoms with Crippen molar-refractivity contribution >= 4 is 46.5 Å². The van der Waals surface area contributed by atoms with E-state index in [0.717, 1.165) is 7.11 Å². The van der Waals surface area contributed by atoms with Crippen molar-refractivity contribution in [2.24, 2.45) is 0 Å². The number of hydrogen-bond acceptors (Lipinski definition) is 7. The normalized spacial score (nSPS) is 25.0. The molecule has 1 aromatic carbocycles. The van der Waals surface area contributed by atoms with E-state index >= 15 is 0 Å². The van der Waals surface area contributed by atoms with E-state index in [2.05, 4.69) is 4.74 Å². The molecule has 146 valence electrons. The summed E-state index contributed by atoms with van der Waals surface area (Å²) in [6.07, 6.45) is -4.92. The van der Waals surface area contributed by atoms with Crippen LogP contribution in [0.3, 0.4) is 0 Å². The molecule has 2 heterocycles. The predicted molar refractivity (Wildman–Crippen MR) is 96.4 cm³/mol. The molecule has 3 rings (SSSR count). The quantitative estimate of drug-likeness (QED) is 0.580. The van der Waals surface area contributed by atoms with Crippen molar-refractivity contribution in [2.45, 2.75) is 31.5 Å². The molecule has 1 aromatic heterocycles. The highest BCUT2D eigenvalue weighted by molar-refractivity contribution is 6.42. The Labute approximate surface area is 164 Å². The highest BCUT2D eigenvalue weighted by Crippen LogP contribution is 2.38. The maximum absolute atomic E-state index is 11.6. The molecule has 1 unspecified atom stereocenters. The van der Waals surface area contributed by atoms with Crippen LogP contribution in [-0.4, -0.2) is 59.3 Å². The van der Waals surface area contributed by atoms with Crippen molar-refractivity contribution in [1.82, 2.24) is 4.57 Å². The largest absolute Gasteiger partial charge is 0.508 e. The number of aldehydes is 1. The third-order valence-electron chi connectivity index (χ3n) is 4.58. The average Bonchev–Trinajstić information content (AvgIpc) is 3.06. The van der Waals surface area contributed by atoms with Gasteiger partial charge in [-0.1, -0.05) is 23.2 Å². The van der Waals surface area contributed by atoms with Crippen LogP contribution in [0.25, 0.3) is 10.9 Å². The molecule has 2 aromatic rings. The standard InChI is InChI=1S/C17H17Cl2NO7/c1-7-9(5-21)8-3-10(18)11(19)4-12(8)20(7)16-15(23)14(22)13(27-16)6-26-17(24)25-2/h3-5,13-16,22-23H,6H2,1-2H3/t13-,14?,15+,16-/m1/s1. The van der Waals surface area contributed by atoms with Crippen molar-refractivity contribution in [1.29, 1.82) is 0 Å². The number of hydrogen-bond donors (Lipinski definition) is 2. The van der Waals surface area contributed by atoms with E-state index in [-0.39, 0.29) is 16.7 Å². The van der Waals surface area contributed by atoms with Crippen molar-refractivity contribution in [2.75, 3.05) is 13.7 Å². The summed E-state index contributed by atoms with van der Waals surface area (Å²) in [5, 5.41) is 21.8. The minimum Gasteiger partial charge on any atom is -0.438 e. The minimum absolute atomic E-state index is 0.263. The van der Waals surface area contributed by atoms with Crippen LogP contribution in [0.5, 0.6) is 0 Å². The first-order valence-electron chi connectivity index (χ1n) is 7.97. The van der Waals surface area contributed by atoms with E-state index < -0.39 is 30.7 Å². The second-order valence-electron chi connectivity index (χ2n) is 6.08. The molecule has 1 aliphatic rings. The number of halogens is 2. The van der Waals surface area contributed by atoms with Gasteiger partial charge in [0.1, 0.15) is 24.9 Å². The third kappa shape index (κ3) is 3.39. The lowest BCUT2D eigenvalue weighted by molar-refractivity contribution is -0.0597. The van der Waals surface area contributed by atoms with Gasteiger partial charge in [0.05, 0.1) is 22.7 Å². The van der Waals surface area contributed by atoms with Crippen LogP contribution in [0.1, 0.15) is 22.3 Å². The summed E-state index contributed by atoms with van der Waals surface area (Å²) in [5.41, 5.74) is 1.38. The molecular formula is C17H17Cl2NO7. The Balaban J connectivity index is 2.02. The second kappa shape index (κ2) is 7.65. The maximum atomic E-state index is 11.6. The molecule has 0 amide bonds. The lowest BCUT2D eigenvalue weighted by Gasteiger charge is -2.20. The smallest absolute Gasteiger partial charge is 0.438 e. The summed E-state index contributed by atoms with van der Waals surface area (Å²) >= 11 is 12.2. The van der Waals surface area contributed by atoms with E-state index in [1.54, 1.807) is 23.6 Å². The van der Waals surface area contributed by atoms with Gasteiger partial charge in [-0.2, -0.15) is 0 Å². The molecule has 0 saturated carbocycles. The van der Waals surface area contributed by atoms with Crippen LogP contribution in [0, 0.1) is 6.92 Å². The maximum Gasteiger partial charge on any atom is 0.508 e. The number of aromatic nitrogens is 1. The van der Waals surface area contributed by atoms with Crippen LogP contribution in [-0.2, 0) is 14.2 Å². The zero-order chi connectivity index (χ0) is 19.9. The topological polar surface area (TPSA) is 107 Å². The van der Waals surface area contributed by atoms with Crippen molar-refractivity contribution in [3.63, 3.8) is 0 Å². The summed E-state index contributed by atoms with van der Waals surface area (Å²) in [6.45, 7) is 1.36. The van der Waals surface area contributed by atoms with Crippen LogP contribution >= 0.6 is 23.2 Å². The van der Waals surface area contributed by atoms with Gasteiger partial charge < -0.3 is 29.0 Å². The second-order valence-corrected chi connectivity index (χ2v) is 6.90. The number of carbonyl (C=O) groups excluding carboxylic acids is 2. The van der Waals surface area contributed by atoms with E-state index in [0.29, 0.717) is 28.4 Å². The highest BCUT2D eigenvalue weighted by atomic mass is 35.5. The number of fused-ring (bicyclic) bond motifs is 1. The molecule has 0 bridgehead atoms. The SMILES string of the molecule is COC(=O)OC[C@H]1O[C@@H](n2c(C)c(C=O)c3cc(Cl)c(Cl)cc32)[C@@H](O)C1O. The van der Waals surface area contributed by atoms with Crippen LogP contribution in [0.2, 0.25) is 10.0 Å². The lowest BCUT2D eigenvalue weighted by Crippen LogP contribution is -2.34. The van der Waals surface area contributed by atoms with Crippen LogP contribution in [0.4, 0.5) is 4.79 Å². The van der Waals surface area contributed by atoms with Crippen molar-refractivity contribution in [3.8, 4) is 0 Å². The number of nitrogens with zero attached hydrogens (tertiary/aromatic N) is 1. The molecule has 10 heteroatoms. The molecule has 1 aliphatic heterocycles. The highest BCUT2D eigenvalue weighted by Gasteiger charge is 2.45. The first kappa shape index (κ1) is 19.9. The van der Waals surface area contributed by atoms with Gasteiger partial charge in [-0.05, 0) is 19.1 Å². The number of ether oxygens (including phenoxy) is 3. The van der Waals surface area contributed by atoms with Crippen molar-refractivity contribution in [3.05, 3.63) is 33.4 Å². The van der Waals surface area contributed by atoms with Gasteiger partial charge in [0.15, 0.2) is 12.5 Å². The van der Waals surface area contributed by atoms with E-state index in [9.17, 15) is 19.8 Å². The Morgan fingerprint density at radius 2 is 1.96 bits per heavy atom. The van der Waals surface area contributed by atoms with Crippen LogP contribution < -0.4 is 0 Å². The fourth-order valence-corrected chi connectivity index (χ4v) is 3.54. The molecule has 0 radical (unpaired) electrons. The summed E-state index contributed by atoms with van der Waals surface area (Å²) in [6, 6.07) is 3.11. The van der Waals surface area contributed by atoms with E-state index in [4.69, 9.17) is 32.7 Å². The van der Waals surface area contributed by atoms with E-state index in [1.807, 2.05) is 0 Å². The Morgan fingerprint density at radius 3 is 2.59 bits per heavy atom. The number of rotatable bonds is 4. The zero-order valence-corrected chi connectivity index (χ0v) is 15.9. The van der Waals surface area contributed by atoms with Gasteiger partial charge in [-0.3, -0.25) is 4.79 Å². The summed E-state index contributed by atoms with van der Waals surface area (Å²) in [4.78, 5) is 22.7. The van der Waals surface area contributed by atoms with Gasteiger partial charge in [0.2, 0.25) is 0 Å². The molecule has 4 atom stereocenters. The predicted octanol–water partition coefficient (Wildman–Crippen LogP) is 2.47. The third-order valence-corrected chi connectivity index (χ3v) is 5.30. The van der Waals surface area contributed by atoms with E-state index in [1.165, 1.54) is 0 Å². The zero-order valence-electron chi connectivity index (χ0n) is 14.4. The van der Waals surface area contributed by atoms with Gasteiger partial charge >= 0.3 is 6.16 Å². The van der Waals surface area contributed by atoms with Crippen molar-refractivity contribution < 1.29 is 34.0 Å². The summed E-state index contributed by atoms with van der Waals surface area (Å²) < 4.78 is 16.5. The summed E-state index contributed by atoms with van der Waals surface area (Å²) in [5.74, 6) is 0. The number of benzene rings is 1. The Kier molecular flexibility index (Phi) is 5.64. The molecular weight excluding hydrogens is 401 g/mol. The molecule has 27 heavy (non-hydrogen) atoms. The first-order valence-corrected chi connectivity index (χ1v) is 8.72. The number of methoxy groups -OCH3 is 1. The Morgan fingerprint density at radius 1 is 1.30 bits per heavy atom. The molecule has 2 N–H and O–H groups in total. The Hall–Kier alpha value is -1.84. The fraction of sp³-hybridized carbons (Fsp3) is 0.412. The average molecular weight is 418 g/mol. The van der Waals surface area contributed by atoms with Gasteiger partial charge in [-0.25, -0.2) is 4.79 Å². The van der Waals surface area contributed by atoms with Gasteiger partial charge in [0.25, 0.3) is 0 Å². The van der Waals surface area contributed by atoms with Gasteiger partial charge in [0, 0.05) is 16.6 Å². The number of carbonyl (C=O) groups is 2. The minimum atomic E-state index is -1.33. The van der Waals surface area contributed by atoms with Gasteiger partial charge in [-0.15, -0.1) is 0 Å². The fourth-order valence-electron chi connectivity index (χ4n) is 3.22. The molecule has 0 aliphatic carbocycles. The summed E-state index contributed by atoms with van der Waals surface area (Å²) in [7, 11) is 1.15. The molecule has 1 saturated heterocycles. The Bertz CT molecular complexity index is 897.